The third-order valence-corrected chi connectivity index (χ3v) is 6.19. The Morgan fingerprint density at radius 3 is 2.35 bits per heavy atom. The minimum atomic E-state index is -3.65. The van der Waals surface area contributed by atoms with Crippen LogP contribution in [-0.2, 0) is 24.8 Å². The number of methoxy groups -OCH3 is 1. The van der Waals surface area contributed by atoms with E-state index in [-0.39, 0.29) is 18.0 Å². The molecule has 0 aliphatic heterocycles. The number of aryl methyl sites for hydroxylation is 1. The monoisotopic (exact) mass is 364 g/mol. The van der Waals surface area contributed by atoms with Gasteiger partial charge in [0.1, 0.15) is 0 Å². The Kier molecular flexibility index (Phi) is 7.62. The molecule has 1 N–H and O–H groups in total. The summed E-state index contributed by atoms with van der Waals surface area (Å²) in [6.07, 6.45) is 1.66. The number of hydrogen-bond acceptors (Lipinski definition) is 5. The molecule has 0 heterocycles. The lowest BCUT2D eigenvalue weighted by atomic mass is 10.2. The van der Waals surface area contributed by atoms with E-state index in [4.69, 9.17) is 4.74 Å². The molecule has 1 aromatic carbocycles. The summed E-state index contributed by atoms with van der Waals surface area (Å²) in [5.74, 6) is 0. The first-order valence-electron chi connectivity index (χ1n) is 7.18. The van der Waals surface area contributed by atoms with Crippen LogP contribution < -0.4 is 4.72 Å². The lowest BCUT2D eigenvalue weighted by Crippen LogP contribution is -2.39. The number of benzene rings is 1. The Morgan fingerprint density at radius 2 is 1.78 bits per heavy atom. The summed E-state index contributed by atoms with van der Waals surface area (Å²) in [6.45, 7) is 2.53. The molecule has 7 nitrogen and oxygen atoms in total. The lowest BCUT2D eigenvalue weighted by Gasteiger charge is -2.20. The third kappa shape index (κ3) is 6.56. The Balaban J connectivity index is 2.67. The number of nitrogens with zero attached hydrogens (tertiary/aromatic N) is 1. The van der Waals surface area contributed by atoms with Crippen molar-refractivity contribution in [1.29, 1.82) is 0 Å². The largest absolute Gasteiger partial charge is 0.385 e. The predicted octanol–water partition coefficient (Wildman–Crippen LogP) is 0.571. The molecule has 0 aromatic heterocycles. The van der Waals surface area contributed by atoms with Gasteiger partial charge in [-0.05, 0) is 25.0 Å². The molecule has 23 heavy (non-hydrogen) atoms. The molecule has 0 aliphatic carbocycles. The van der Waals surface area contributed by atoms with E-state index in [9.17, 15) is 16.8 Å². The molecule has 0 aliphatic rings. The minimum absolute atomic E-state index is 0.0106. The summed E-state index contributed by atoms with van der Waals surface area (Å²) in [7, 11) is -5.50. The van der Waals surface area contributed by atoms with Gasteiger partial charge >= 0.3 is 0 Å². The van der Waals surface area contributed by atoms with Crippen molar-refractivity contribution in [1.82, 2.24) is 9.03 Å². The molecular formula is C14H24N2O5S2. The topological polar surface area (TPSA) is 92.8 Å². The molecule has 0 fully saturated rings. The van der Waals surface area contributed by atoms with E-state index in [1.165, 1.54) is 10.4 Å². The standard InChI is InChI=1S/C14H24N2O5S2/c1-13-7-4-5-8-14(13)23(19,20)15-9-11-16(22(3,17)18)10-6-12-21-2/h4-5,7-8,15H,6,9-12H2,1-3H3. The third-order valence-electron chi connectivity index (χ3n) is 3.26. The first-order chi connectivity index (χ1) is 10.7. The molecule has 0 amide bonds. The van der Waals surface area contributed by atoms with E-state index in [2.05, 4.69) is 4.72 Å². The zero-order chi connectivity index (χ0) is 17.5. The lowest BCUT2D eigenvalue weighted by molar-refractivity contribution is 0.187. The molecule has 1 rings (SSSR count). The van der Waals surface area contributed by atoms with Crippen LogP contribution in [0.4, 0.5) is 0 Å². The number of hydrogen-bond donors (Lipinski definition) is 1. The second-order valence-electron chi connectivity index (χ2n) is 5.17. The molecule has 0 unspecified atom stereocenters. The van der Waals surface area contributed by atoms with Crippen LogP contribution in [0.1, 0.15) is 12.0 Å². The molecular weight excluding hydrogens is 340 g/mol. The maximum atomic E-state index is 12.2. The summed E-state index contributed by atoms with van der Waals surface area (Å²) in [6, 6.07) is 6.64. The van der Waals surface area contributed by atoms with Crippen LogP contribution in [0.2, 0.25) is 0 Å². The summed E-state index contributed by atoms with van der Waals surface area (Å²) in [4.78, 5) is 0.199. The highest BCUT2D eigenvalue weighted by atomic mass is 32.2. The maximum absolute atomic E-state index is 12.2. The number of sulfonamides is 2. The Hall–Kier alpha value is -1.00. The average molecular weight is 364 g/mol. The average Bonchev–Trinajstić information content (AvgIpc) is 2.45. The molecule has 0 radical (unpaired) electrons. The van der Waals surface area contributed by atoms with Crippen molar-refractivity contribution in [3.05, 3.63) is 29.8 Å². The van der Waals surface area contributed by atoms with Gasteiger partial charge in [0.15, 0.2) is 0 Å². The van der Waals surface area contributed by atoms with E-state index in [1.807, 2.05) is 0 Å². The second-order valence-corrected chi connectivity index (χ2v) is 8.89. The summed E-state index contributed by atoms with van der Waals surface area (Å²) in [5.41, 5.74) is 0.639. The Labute approximate surface area is 138 Å². The maximum Gasteiger partial charge on any atom is 0.240 e. The summed E-state index contributed by atoms with van der Waals surface area (Å²) in [5, 5.41) is 0. The molecule has 0 atom stereocenters. The van der Waals surface area contributed by atoms with Crippen molar-refractivity contribution in [3.63, 3.8) is 0 Å². The van der Waals surface area contributed by atoms with E-state index in [0.29, 0.717) is 25.1 Å². The molecule has 0 saturated heterocycles. The normalized spacial score (nSPS) is 12.7. The molecule has 0 bridgehead atoms. The zero-order valence-corrected chi connectivity index (χ0v) is 15.3. The van der Waals surface area contributed by atoms with E-state index in [0.717, 1.165) is 6.26 Å². The van der Waals surface area contributed by atoms with E-state index >= 15 is 0 Å². The van der Waals surface area contributed by atoms with Crippen LogP contribution in [0.5, 0.6) is 0 Å². The van der Waals surface area contributed by atoms with Gasteiger partial charge in [0.05, 0.1) is 11.2 Å². The van der Waals surface area contributed by atoms with Crippen molar-refractivity contribution < 1.29 is 21.6 Å². The highest BCUT2D eigenvalue weighted by molar-refractivity contribution is 7.89. The number of rotatable bonds is 10. The van der Waals surface area contributed by atoms with E-state index in [1.54, 1.807) is 32.2 Å². The molecule has 1 aromatic rings. The van der Waals surface area contributed by atoms with Crippen LogP contribution >= 0.6 is 0 Å². The fraction of sp³-hybridized carbons (Fsp3) is 0.571. The number of nitrogens with one attached hydrogen (secondary N) is 1. The Morgan fingerprint density at radius 1 is 1.13 bits per heavy atom. The van der Waals surface area contributed by atoms with Gasteiger partial charge < -0.3 is 4.74 Å². The first-order valence-corrected chi connectivity index (χ1v) is 10.5. The van der Waals surface area contributed by atoms with Crippen LogP contribution in [0.25, 0.3) is 0 Å². The van der Waals surface area contributed by atoms with E-state index < -0.39 is 20.0 Å². The smallest absolute Gasteiger partial charge is 0.240 e. The molecule has 132 valence electrons. The van der Waals surface area contributed by atoms with Gasteiger partial charge in [-0.1, -0.05) is 18.2 Å². The van der Waals surface area contributed by atoms with Gasteiger partial charge in [-0.25, -0.2) is 25.9 Å². The predicted molar refractivity (Wildman–Crippen MR) is 89.3 cm³/mol. The van der Waals surface area contributed by atoms with Crippen LogP contribution in [0.15, 0.2) is 29.2 Å². The Bertz CT molecular complexity index is 702. The van der Waals surface area contributed by atoms with Gasteiger partial charge in [0.2, 0.25) is 20.0 Å². The van der Waals surface area contributed by atoms with Crippen molar-refractivity contribution >= 4 is 20.0 Å². The van der Waals surface area contributed by atoms with Gasteiger partial charge in [0, 0.05) is 33.4 Å². The zero-order valence-electron chi connectivity index (χ0n) is 13.6. The van der Waals surface area contributed by atoms with Crippen LogP contribution in [-0.4, -0.2) is 60.7 Å². The van der Waals surface area contributed by atoms with Crippen LogP contribution in [0, 0.1) is 6.92 Å². The fourth-order valence-corrected chi connectivity index (χ4v) is 4.22. The highest BCUT2D eigenvalue weighted by Gasteiger charge is 2.19. The highest BCUT2D eigenvalue weighted by Crippen LogP contribution is 2.13. The molecule has 0 spiro atoms. The molecule has 9 heteroatoms. The minimum Gasteiger partial charge on any atom is -0.385 e. The van der Waals surface area contributed by atoms with Crippen LogP contribution in [0.3, 0.4) is 0 Å². The van der Waals surface area contributed by atoms with Gasteiger partial charge in [-0.2, -0.15) is 0 Å². The van der Waals surface area contributed by atoms with Crippen molar-refractivity contribution in [3.8, 4) is 0 Å². The van der Waals surface area contributed by atoms with Crippen molar-refractivity contribution in [2.24, 2.45) is 0 Å². The summed E-state index contributed by atoms with van der Waals surface area (Å²) >= 11 is 0. The van der Waals surface area contributed by atoms with Gasteiger partial charge in [-0.15, -0.1) is 0 Å². The first kappa shape index (κ1) is 20.0. The second kappa shape index (κ2) is 8.74. The summed E-state index contributed by atoms with van der Waals surface area (Å²) < 4.78 is 56.5. The van der Waals surface area contributed by atoms with Crippen molar-refractivity contribution in [2.45, 2.75) is 18.2 Å². The van der Waals surface area contributed by atoms with Gasteiger partial charge in [-0.3, -0.25) is 0 Å². The van der Waals surface area contributed by atoms with Gasteiger partial charge in [0.25, 0.3) is 0 Å². The van der Waals surface area contributed by atoms with Crippen molar-refractivity contribution in [2.75, 3.05) is 39.6 Å². The fourth-order valence-electron chi connectivity index (χ4n) is 2.07. The SMILES string of the molecule is COCCCN(CCNS(=O)(=O)c1ccccc1C)S(C)(=O)=O. The molecule has 0 saturated carbocycles. The quantitative estimate of drug-likeness (QED) is 0.613. The number of ether oxygens (including phenoxy) is 1.